The second-order valence-electron chi connectivity index (χ2n) is 1.68. The van der Waals surface area contributed by atoms with Gasteiger partial charge in [-0.1, -0.05) is 6.92 Å². The van der Waals surface area contributed by atoms with Crippen molar-refractivity contribution in [2.45, 2.75) is 13.3 Å². The van der Waals surface area contributed by atoms with E-state index < -0.39 is 0 Å². The molecule has 2 nitrogen and oxygen atoms in total. The van der Waals surface area contributed by atoms with Crippen molar-refractivity contribution >= 4 is 26.3 Å². The van der Waals surface area contributed by atoms with E-state index in [0.717, 1.165) is 10.1 Å². The lowest BCUT2D eigenvalue weighted by Crippen LogP contribution is -2.03. The first-order valence-corrected chi connectivity index (χ1v) is 3.65. The second-order valence-corrected chi connectivity index (χ2v) is 2.92. The first-order valence-electron chi connectivity index (χ1n) is 2.57. The molecule has 0 saturated heterocycles. The summed E-state index contributed by atoms with van der Waals surface area (Å²) < 4.78 is 1.15. The van der Waals surface area contributed by atoms with Crippen LogP contribution in [0.4, 0.5) is 0 Å². The first kappa shape index (κ1) is 8.20. The van der Waals surface area contributed by atoms with Crippen LogP contribution in [-0.2, 0) is 0 Å². The summed E-state index contributed by atoms with van der Waals surface area (Å²) in [6, 6.07) is 0. The van der Waals surface area contributed by atoms with Gasteiger partial charge in [-0.3, -0.25) is 0 Å². The van der Waals surface area contributed by atoms with E-state index in [4.69, 9.17) is 0 Å². The number of rotatable bonds is 2. The summed E-state index contributed by atoms with van der Waals surface area (Å²) in [5, 5.41) is 5.94. The largest absolute Gasteiger partial charge is 0.302 e. The fourth-order valence-corrected chi connectivity index (χ4v) is 0.719. The van der Waals surface area contributed by atoms with Gasteiger partial charge in [0.1, 0.15) is 0 Å². The number of hydrogen-bond donors (Lipinski definition) is 0. The van der Waals surface area contributed by atoms with E-state index >= 15 is 0 Å². The molecule has 0 heterocycles. The van der Waals surface area contributed by atoms with Crippen molar-refractivity contribution in [3.8, 4) is 0 Å². The van der Waals surface area contributed by atoms with Gasteiger partial charge in [0.15, 0.2) is 0 Å². The molecule has 0 aliphatic carbocycles. The molecule has 0 aliphatic heterocycles. The molecule has 0 fully saturated rings. The molecule has 0 aliphatic rings. The molecule has 0 rings (SSSR count). The molecular weight excluding hydrogens is 215 g/mol. The van der Waals surface area contributed by atoms with E-state index in [-0.39, 0.29) is 0 Å². The van der Waals surface area contributed by atoms with Gasteiger partial charge in [0.25, 0.3) is 0 Å². The average molecular weight is 226 g/mol. The van der Waals surface area contributed by atoms with Crippen molar-refractivity contribution in [3.05, 3.63) is 0 Å². The Kier molecular flexibility index (Phi) is 4.22. The molecule has 0 radical (unpaired) electrons. The normalized spacial score (nSPS) is 11.8. The van der Waals surface area contributed by atoms with Crippen LogP contribution < -0.4 is 0 Å². The third-order valence-corrected chi connectivity index (χ3v) is 1.58. The molecule has 48 valence electrons. The molecule has 0 atom stereocenters. The Labute approximate surface area is 64.1 Å². The van der Waals surface area contributed by atoms with Crippen molar-refractivity contribution < 1.29 is 0 Å². The monoisotopic (exact) mass is 226 g/mol. The van der Waals surface area contributed by atoms with Crippen LogP contribution in [-0.4, -0.2) is 22.8 Å². The molecule has 0 saturated carbocycles. The summed E-state index contributed by atoms with van der Waals surface area (Å²) in [5.74, 6) is 0. The van der Waals surface area contributed by atoms with Crippen molar-refractivity contribution in [2.75, 3.05) is 14.1 Å². The standard InChI is InChI=1S/C5H11IN2/c1-4-5(6)7-8(2)3/h4H2,1-3H3/b7-5+. The highest BCUT2D eigenvalue weighted by molar-refractivity contribution is 14.1. The van der Waals surface area contributed by atoms with Crippen LogP contribution in [0.25, 0.3) is 0 Å². The zero-order valence-corrected chi connectivity index (χ0v) is 7.64. The third kappa shape index (κ3) is 4.36. The molecule has 0 bridgehead atoms. The van der Waals surface area contributed by atoms with E-state index in [1.54, 1.807) is 0 Å². The van der Waals surface area contributed by atoms with Crippen molar-refractivity contribution in [3.63, 3.8) is 0 Å². The lowest BCUT2D eigenvalue weighted by Gasteiger charge is -2.03. The first-order chi connectivity index (χ1) is 3.66. The van der Waals surface area contributed by atoms with Gasteiger partial charge in [0, 0.05) is 14.1 Å². The second kappa shape index (κ2) is 4.12. The minimum atomic E-state index is 1.03. The van der Waals surface area contributed by atoms with Gasteiger partial charge in [0.05, 0.1) is 3.72 Å². The van der Waals surface area contributed by atoms with Crippen molar-refractivity contribution in [1.29, 1.82) is 0 Å². The van der Waals surface area contributed by atoms with Crippen LogP contribution in [0.1, 0.15) is 13.3 Å². The highest BCUT2D eigenvalue weighted by Gasteiger charge is 1.85. The zero-order chi connectivity index (χ0) is 6.57. The van der Waals surface area contributed by atoms with Gasteiger partial charge < -0.3 is 5.01 Å². The fourth-order valence-electron chi connectivity index (χ4n) is 0.288. The Balaban J connectivity index is 3.56. The van der Waals surface area contributed by atoms with Crippen LogP contribution in [0.5, 0.6) is 0 Å². The van der Waals surface area contributed by atoms with E-state index in [2.05, 4.69) is 34.6 Å². The Bertz CT molecular complexity index is 88.4. The smallest absolute Gasteiger partial charge is 0.0981 e. The average Bonchev–Trinajstić information content (AvgIpc) is 1.65. The number of hydrazone groups is 1. The summed E-state index contributed by atoms with van der Waals surface area (Å²) in [4.78, 5) is 0. The van der Waals surface area contributed by atoms with E-state index in [9.17, 15) is 0 Å². The topological polar surface area (TPSA) is 15.6 Å². The molecule has 0 aromatic rings. The zero-order valence-electron chi connectivity index (χ0n) is 5.48. The van der Waals surface area contributed by atoms with Crippen LogP contribution in [0.15, 0.2) is 5.10 Å². The summed E-state index contributed by atoms with van der Waals surface area (Å²) in [5.41, 5.74) is 0. The lowest BCUT2D eigenvalue weighted by atomic mass is 10.5. The van der Waals surface area contributed by atoms with Crippen LogP contribution in [0.3, 0.4) is 0 Å². The minimum Gasteiger partial charge on any atom is -0.302 e. The summed E-state index contributed by atoms with van der Waals surface area (Å²) in [7, 11) is 3.85. The van der Waals surface area contributed by atoms with Crippen molar-refractivity contribution in [2.24, 2.45) is 5.10 Å². The predicted octanol–water partition coefficient (Wildman–Crippen LogP) is 1.71. The molecule has 0 aromatic heterocycles. The summed E-state index contributed by atoms with van der Waals surface area (Å²) in [6.45, 7) is 2.09. The maximum atomic E-state index is 4.13. The van der Waals surface area contributed by atoms with Gasteiger partial charge in [-0.25, -0.2) is 0 Å². The molecule has 8 heavy (non-hydrogen) atoms. The van der Waals surface area contributed by atoms with E-state index in [0.29, 0.717) is 0 Å². The quantitative estimate of drug-likeness (QED) is 0.397. The lowest BCUT2D eigenvalue weighted by molar-refractivity contribution is 0.439. The number of hydrogen-bond acceptors (Lipinski definition) is 2. The predicted molar refractivity (Wildman–Crippen MR) is 45.4 cm³/mol. The molecule has 0 unspecified atom stereocenters. The Morgan fingerprint density at radius 2 is 2.12 bits per heavy atom. The molecular formula is C5H11IN2. The molecule has 3 heteroatoms. The Hall–Kier alpha value is 0.200. The van der Waals surface area contributed by atoms with Gasteiger partial charge in [0.2, 0.25) is 0 Å². The highest BCUT2D eigenvalue weighted by atomic mass is 127. The number of nitrogens with zero attached hydrogens (tertiary/aromatic N) is 2. The molecule has 0 N–H and O–H groups in total. The SMILES string of the molecule is CC/C(I)=N\N(C)C. The minimum absolute atomic E-state index is 1.03. The van der Waals surface area contributed by atoms with Crippen LogP contribution >= 0.6 is 22.6 Å². The van der Waals surface area contributed by atoms with E-state index in [1.165, 1.54) is 0 Å². The number of halogens is 1. The van der Waals surface area contributed by atoms with Gasteiger partial charge in [-0.2, -0.15) is 5.10 Å². The maximum absolute atomic E-state index is 4.13. The van der Waals surface area contributed by atoms with Crippen LogP contribution in [0.2, 0.25) is 0 Å². The van der Waals surface area contributed by atoms with Gasteiger partial charge >= 0.3 is 0 Å². The Morgan fingerprint density at radius 3 is 2.25 bits per heavy atom. The third-order valence-electron chi connectivity index (χ3n) is 0.600. The van der Waals surface area contributed by atoms with Gasteiger partial charge in [-0.05, 0) is 29.0 Å². The van der Waals surface area contributed by atoms with Gasteiger partial charge in [-0.15, -0.1) is 0 Å². The molecule has 0 spiro atoms. The molecule has 0 aromatic carbocycles. The summed E-state index contributed by atoms with van der Waals surface area (Å²) >= 11 is 2.23. The van der Waals surface area contributed by atoms with E-state index in [1.807, 2.05) is 19.1 Å². The van der Waals surface area contributed by atoms with Crippen molar-refractivity contribution in [1.82, 2.24) is 5.01 Å². The van der Waals surface area contributed by atoms with Crippen LogP contribution in [0, 0.1) is 0 Å². The maximum Gasteiger partial charge on any atom is 0.0981 e. The molecule has 0 amide bonds. The fraction of sp³-hybridized carbons (Fsp3) is 0.800. The highest BCUT2D eigenvalue weighted by Crippen LogP contribution is 1.95. The Morgan fingerprint density at radius 1 is 1.62 bits per heavy atom. The summed E-state index contributed by atoms with van der Waals surface area (Å²) in [6.07, 6.45) is 1.03.